The molecule has 0 aromatic rings. The molecule has 16 heavy (non-hydrogen) atoms. The second-order valence-electron chi connectivity index (χ2n) is 4.98. The van der Waals surface area contributed by atoms with Crippen molar-refractivity contribution in [2.45, 2.75) is 33.2 Å². The Kier molecular flexibility index (Phi) is 3.70. The van der Waals surface area contributed by atoms with E-state index in [1.54, 1.807) is 0 Å². The Bertz CT molecular complexity index is 325. The molecule has 5 heteroatoms. The van der Waals surface area contributed by atoms with Gasteiger partial charge < -0.3 is 15.7 Å². The van der Waals surface area contributed by atoms with Crippen LogP contribution in [0.25, 0.3) is 0 Å². The van der Waals surface area contributed by atoms with Crippen LogP contribution in [-0.4, -0.2) is 29.4 Å². The van der Waals surface area contributed by atoms with E-state index in [4.69, 9.17) is 5.41 Å². The first kappa shape index (κ1) is 12.7. The third-order valence-electron chi connectivity index (χ3n) is 2.45. The number of carbonyl (C=O) groups is 1. The van der Waals surface area contributed by atoms with Crippen LogP contribution in [-0.2, 0) is 4.79 Å². The number of rotatable bonds is 2. The molecule has 1 amide bonds. The number of aliphatic hydroxyl groups excluding tert-OH is 1. The van der Waals surface area contributed by atoms with Gasteiger partial charge in [-0.15, -0.1) is 0 Å². The highest BCUT2D eigenvalue weighted by atomic mass is 16.3. The first-order valence-corrected chi connectivity index (χ1v) is 5.34. The van der Waals surface area contributed by atoms with Crippen LogP contribution in [0.4, 0.5) is 0 Å². The molecular weight excluding hydrogens is 206 g/mol. The number of amides is 1. The lowest BCUT2D eigenvalue weighted by Gasteiger charge is -2.26. The van der Waals surface area contributed by atoms with Crippen molar-refractivity contribution >= 4 is 11.7 Å². The van der Waals surface area contributed by atoms with Crippen LogP contribution in [0.1, 0.15) is 27.2 Å². The molecule has 4 N–H and O–H groups in total. The fourth-order valence-electron chi connectivity index (χ4n) is 1.12. The largest absolute Gasteiger partial charge is 0.512 e. The van der Waals surface area contributed by atoms with Crippen molar-refractivity contribution in [3.8, 4) is 0 Å². The maximum absolute atomic E-state index is 11.4. The maximum atomic E-state index is 11.4. The number of amidine groups is 1. The smallest absolute Gasteiger partial charge is 0.242 e. The van der Waals surface area contributed by atoms with Gasteiger partial charge in [-0.05, 0) is 13.0 Å². The summed E-state index contributed by atoms with van der Waals surface area (Å²) in [5.41, 5.74) is -0.411. The van der Waals surface area contributed by atoms with Crippen molar-refractivity contribution in [3.05, 3.63) is 11.8 Å². The van der Waals surface area contributed by atoms with Crippen LogP contribution < -0.4 is 10.6 Å². The van der Waals surface area contributed by atoms with Gasteiger partial charge in [0.05, 0.1) is 6.04 Å². The summed E-state index contributed by atoms with van der Waals surface area (Å²) in [6.45, 7) is 6.35. The molecule has 90 valence electrons. The lowest BCUT2D eigenvalue weighted by Crippen LogP contribution is -2.54. The molecule has 0 saturated carbocycles. The average Bonchev–Trinajstić information content (AvgIpc) is 1.97. The predicted molar refractivity (Wildman–Crippen MR) is 62.4 cm³/mol. The number of allylic oxidation sites excluding steroid dienone is 1. The Morgan fingerprint density at radius 2 is 2.12 bits per heavy atom. The predicted octanol–water partition coefficient (Wildman–Crippen LogP) is 0.930. The summed E-state index contributed by atoms with van der Waals surface area (Å²) >= 11 is 0. The van der Waals surface area contributed by atoms with E-state index in [1.165, 1.54) is 6.08 Å². The normalized spacial score (nSPS) is 21.2. The van der Waals surface area contributed by atoms with Crippen LogP contribution >= 0.6 is 0 Å². The lowest BCUT2D eigenvalue weighted by atomic mass is 9.93. The number of hydrogen-bond acceptors (Lipinski definition) is 4. The zero-order valence-electron chi connectivity index (χ0n) is 9.92. The molecule has 0 radical (unpaired) electrons. The summed E-state index contributed by atoms with van der Waals surface area (Å²) < 4.78 is 0. The van der Waals surface area contributed by atoms with Gasteiger partial charge in [-0.25, -0.2) is 0 Å². The van der Waals surface area contributed by atoms with E-state index >= 15 is 0 Å². The SMILES string of the molecule is CC(C)(C)/C(O)=C/C(=N)NC(=O)C1CCN1. The molecule has 0 aliphatic carbocycles. The highest BCUT2D eigenvalue weighted by Crippen LogP contribution is 2.21. The van der Waals surface area contributed by atoms with Gasteiger partial charge in [0, 0.05) is 11.5 Å². The molecule has 5 nitrogen and oxygen atoms in total. The van der Waals surface area contributed by atoms with Gasteiger partial charge in [0.2, 0.25) is 5.91 Å². The van der Waals surface area contributed by atoms with Crippen molar-refractivity contribution in [2.75, 3.05) is 6.54 Å². The maximum Gasteiger partial charge on any atom is 0.242 e. The molecule has 0 aromatic carbocycles. The molecular formula is C11H19N3O2. The molecule has 1 rings (SSSR count). The summed E-state index contributed by atoms with van der Waals surface area (Å²) in [6, 6.07) is -0.189. The highest BCUT2D eigenvalue weighted by Gasteiger charge is 2.25. The van der Waals surface area contributed by atoms with E-state index in [1.807, 2.05) is 20.8 Å². The van der Waals surface area contributed by atoms with E-state index in [2.05, 4.69) is 10.6 Å². The minimum absolute atomic E-state index is 0.0777. The number of carbonyl (C=O) groups excluding carboxylic acids is 1. The standard InChI is InChI=1S/C11H19N3O2/c1-11(2,3)8(15)6-9(12)14-10(16)7-4-5-13-7/h6-7,13,15H,4-5H2,1-3H3,(H2,12,14,16)/b8-6-. The van der Waals surface area contributed by atoms with E-state index in [9.17, 15) is 9.90 Å². The van der Waals surface area contributed by atoms with Gasteiger partial charge >= 0.3 is 0 Å². The van der Waals surface area contributed by atoms with Crippen LogP contribution in [0.15, 0.2) is 11.8 Å². The molecule has 0 spiro atoms. The van der Waals surface area contributed by atoms with Gasteiger partial charge in [0.1, 0.15) is 11.6 Å². The number of nitrogens with one attached hydrogen (secondary N) is 3. The fraction of sp³-hybridized carbons (Fsp3) is 0.636. The minimum atomic E-state index is -0.411. The third kappa shape index (κ3) is 3.34. The molecule has 1 unspecified atom stereocenters. The minimum Gasteiger partial charge on any atom is -0.512 e. The number of aliphatic hydroxyl groups is 1. The third-order valence-corrected chi connectivity index (χ3v) is 2.45. The summed E-state index contributed by atoms with van der Waals surface area (Å²) in [5.74, 6) is -0.209. The monoisotopic (exact) mass is 225 g/mol. The molecule has 1 heterocycles. The quantitative estimate of drug-likeness (QED) is 0.320. The first-order valence-electron chi connectivity index (χ1n) is 5.34. The van der Waals surface area contributed by atoms with E-state index in [0.717, 1.165) is 13.0 Å². The molecule has 1 fully saturated rings. The van der Waals surface area contributed by atoms with E-state index < -0.39 is 5.41 Å². The lowest BCUT2D eigenvalue weighted by molar-refractivity contribution is -0.123. The van der Waals surface area contributed by atoms with Crippen molar-refractivity contribution in [1.82, 2.24) is 10.6 Å². The molecule has 1 aliphatic heterocycles. The molecule has 0 bridgehead atoms. The molecule has 1 saturated heterocycles. The molecule has 1 aliphatic rings. The van der Waals surface area contributed by atoms with Crippen LogP contribution in [0.5, 0.6) is 0 Å². The Labute approximate surface area is 95.4 Å². The van der Waals surface area contributed by atoms with Crippen LogP contribution in [0.3, 0.4) is 0 Å². The zero-order valence-corrected chi connectivity index (χ0v) is 9.92. The second kappa shape index (κ2) is 4.65. The van der Waals surface area contributed by atoms with Gasteiger partial charge in [-0.2, -0.15) is 0 Å². The van der Waals surface area contributed by atoms with Crippen molar-refractivity contribution in [1.29, 1.82) is 5.41 Å². The summed E-state index contributed by atoms with van der Waals surface area (Å²) in [7, 11) is 0. The molecule has 1 atom stereocenters. The van der Waals surface area contributed by atoms with Crippen molar-refractivity contribution < 1.29 is 9.90 Å². The summed E-state index contributed by atoms with van der Waals surface area (Å²) in [5, 5.41) is 22.5. The first-order chi connectivity index (χ1) is 7.30. The fourth-order valence-corrected chi connectivity index (χ4v) is 1.12. The zero-order chi connectivity index (χ0) is 12.3. The Hall–Kier alpha value is -1.36. The molecule has 0 aromatic heterocycles. The van der Waals surface area contributed by atoms with Crippen LogP contribution in [0.2, 0.25) is 0 Å². The Morgan fingerprint density at radius 1 is 1.56 bits per heavy atom. The number of hydrogen-bond donors (Lipinski definition) is 4. The Morgan fingerprint density at radius 3 is 2.50 bits per heavy atom. The van der Waals surface area contributed by atoms with Gasteiger partial charge in [0.25, 0.3) is 0 Å². The second-order valence-corrected chi connectivity index (χ2v) is 4.98. The van der Waals surface area contributed by atoms with Gasteiger partial charge in [0.15, 0.2) is 0 Å². The summed E-state index contributed by atoms with van der Waals surface area (Å²) in [4.78, 5) is 11.4. The van der Waals surface area contributed by atoms with E-state index in [-0.39, 0.29) is 23.5 Å². The van der Waals surface area contributed by atoms with Crippen molar-refractivity contribution in [2.24, 2.45) is 5.41 Å². The van der Waals surface area contributed by atoms with Crippen molar-refractivity contribution in [3.63, 3.8) is 0 Å². The topological polar surface area (TPSA) is 85.2 Å². The van der Waals surface area contributed by atoms with Gasteiger partial charge in [-0.3, -0.25) is 10.2 Å². The average molecular weight is 225 g/mol. The highest BCUT2D eigenvalue weighted by molar-refractivity contribution is 6.04. The van der Waals surface area contributed by atoms with Gasteiger partial charge in [-0.1, -0.05) is 20.8 Å². The van der Waals surface area contributed by atoms with E-state index in [0.29, 0.717) is 0 Å². The Balaban J connectivity index is 2.49. The summed E-state index contributed by atoms with van der Waals surface area (Å²) in [6.07, 6.45) is 2.07. The van der Waals surface area contributed by atoms with Crippen LogP contribution in [0, 0.1) is 10.8 Å².